The Morgan fingerprint density at radius 3 is 2.44 bits per heavy atom. The Morgan fingerprint density at radius 2 is 1.81 bits per heavy atom. The van der Waals surface area contributed by atoms with Crippen LogP contribution in [0.4, 0.5) is 0 Å². The van der Waals surface area contributed by atoms with E-state index in [-0.39, 0.29) is 24.3 Å². The monoisotopic (exact) mass is 377 g/mol. The van der Waals surface area contributed by atoms with E-state index in [0.717, 1.165) is 32.2 Å². The summed E-state index contributed by atoms with van der Waals surface area (Å²) < 4.78 is 0. The zero-order chi connectivity index (χ0) is 20.1. The van der Waals surface area contributed by atoms with Gasteiger partial charge in [0.05, 0.1) is 0 Å². The van der Waals surface area contributed by atoms with Gasteiger partial charge in [-0.15, -0.1) is 0 Å². The first-order valence-corrected chi connectivity index (χ1v) is 9.32. The van der Waals surface area contributed by atoms with Crippen molar-refractivity contribution < 1.29 is 19.5 Å². The first kappa shape index (κ1) is 22.6. The molecule has 0 aliphatic carbocycles. The summed E-state index contributed by atoms with van der Waals surface area (Å²) >= 11 is 0. The highest BCUT2D eigenvalue weighted by molar-refractivity contribution is 5.76. The molecule has 0 spiro atoms. The van der Waals surface area contributed by atoms with Crippen molar-refractivity contribution in [1.29, 1.82) is 0 Å². The maximum absolute atomic E-state index is 12.1. The Hall–Kier alpha value is -2.41. The summed E-state index contributed by atoms with van der Waals surface area (Å²) in [6.07, 6.45) is 4.53. The van der Waals surface area contributed by atoms with Gasteiger partial charge in [0.1, 0.15) is 0 Å². The van der Waals surface area contributed by atoms with Crippen molar-refractivity contribution in [2.75, 3.05) is 20.1 Å². The fourth-order valence-electron chi connectivity index (χ4n) is 3.30. The molecule has 150 valence electrons. The van der Waals surface area contributed by atoms with E-state index in [4.69, 9.17) is 9.90 Å². The smallest absolute Gasteiger partial charge is 0.290 e. The quantitative estimate of drug-likeness (QED) is 0.470. The van der Waals surface area contributed by atoms with Gasteiger partial charge in [-0.25, -0.2) is 0 Å². The Labute approximate surface area is 161 Å². The molecule has 0 unspecified atom stereocenters. The van der Waals surface area contributed by atoms with Gasteiger partial charge in [-0.05, 0) is 38.3 Å². The maximum Gasteiger partial charge on any atom is 0.290 e. The average Bonchev–Trinajstić information content (AvgIpc) is 2.98. The standard InChI is InChI=1S/C19H29N3O2.CH2O2/c1-15(23)21-14-18-11-10-17(22(18)2)13-19(24)20-12-6-9-16-7-4-3-5-8-16;2-1-3/h3-5,7-8,17-18H,6,9-14H2,1-2H3,(H,20,24)(H,21,23);1H,(H,2,3)/t17-,18+;/m0./s1. The van der Waals surface area contributed by atoms with E-state index in [1.807, 2.05) is 25.2 Å². The fourth-order valence-corrected chi connectivity index (χ4v) is 3.30. The van der Waals surface area contributed by atoms with Crippen LogP contribution in [0.1, 0.15) is 38.2 Å². The van der Waals surface area contributed by atoms with Crippen molar-refractivity contribution in [3.8, 4) is 0 Å². The SMILES string of the molecule is CC(=O)NC[C@H]1CC[C@@H](CC(=O)NCCCc2ccccc2)N1C.O=CO. The second kappa shape index (κ2) is 12.9. The third-order valence-corrected chi connectivity index (χ3v) is 4.80. The van der Waals surface area contributed by atoms with Crippen LogP contribution in [0.2, 0.25) is 0 Å². The summed E-state index contributed by atoms with van der Waals surface area (Å²) in [6.45, 7) is 2.68. The number of aryl methyl sites for hydroxylation is 1. The van der Waals surface area contributed by atoms with Gasteiger partial charge < -0.3 is 15.7 Å². The molecule has 7 nitrogen and oxygen atoms in total. The lowest BCUT2D eigenvalue weighted by Gasteiger charge is -2.25. The number of nitrogens with one attached hydrogen (secondary N) is 2. The predicted molar refractivity (Wildman–Crippen MR) is 104 cm³/mol. The molecule has 27 heavy (non-hydrogen) atoms. The average molecular weight is 377 g/mol. The molecule has 0 bridgehead atoms. The van der Waals surface area contributed by atoms with Crippen LogP contribution in [0.15, 0.2) is 30.3 Å². The van der Waals surface area contributed by atoms with E-state index in [9.17, 15) is 9.59 Å². The molecule has 0 saturated carbocycles. The zero-order valence-electron chi connectivity index (χ0n) is 16.2. The fraction of sp³-hybridized carbons (Fsp3) is 0.550. The van der Waals surface area contributed by atoms with Gasteiger partial charge in [0.15, 0.2) is 0 Å². The van der Waals surface area contributed by atoms with Crippen molar-refractivity contribution >= 4 is 18.3 Å². The van der Waals surface area contributed by atoms with E-state index >= 15 is 0 Å². The minimum atomic E-state index is -0.250. The van der Waals surface area contributed by atoms with Crippen LogP contribution in [-0.4, -0.2) is 60.5 Å². The van der Waals surface area contributed by atoms with E-state index in [1.54, 1.807) is 0 Å². The third kappa shape index (κ3) is 9.19. The highest BCUT2D eigenvalue weighted by Crippen LogP contribution is 2.24. The molecule has 2 atom stereocenters. The molecule has 0 aromatic heterocycles. The molecule has 1 aliphatic rings. The molecule has 1 saturated heterocycles. The number of likely N-dealkylation sites (tertiary alicyclic amines) is 1. The Balaban J connectivity index is 0.00000114. The van der Waals surface area contributed by atoms with Crippen LogP contribution in [0.5, 0.6) is 0 Å². The van der Waals surface area contributed by atoms with Gasteiger partial charge in [-0.1, -0.05) is 30.3 Å². The summed E-state index contributed by atoms with van der Waals surface area (Å²) in [5, 5.41) is 12.8. The lowest BCUT2D eigenvalue weighted by atomic mass is 10.1. The molecule has 1 aromatic carbocycles. The summed E-state index contributed by atoms with van der Waals surface area (Å²) in [6, 6.07) is 10.9. The predicted octanol–water partition coefficient (Wildman–Crippen LogP) is 1.43. The lowest BCUT2D eigenvalue weighted by Crippen LogP contribution is -2.42. The number of benzene rings is 1. The molecule has 1 fully saturated rings. The number of carboxylic acid groups (broad SMARTS) is 1. The normalized spacial score (nSPS) is 18.9. The van der Waals surface area contributed by atoms with Crippen molar-refractivity contribution in [2.24, 2.45) is 0 Å². The Bertz CT molecular complexity index is 580. The number of rotatable bonds is 8. The minimum absolute atomic E-state index is 0.00279. The molecule has 1 heterocycles. The Morgan fingerprint density at radius 1 is 1.19 bits per heavy atom. The number of likely N-dealkylation sites (N-methyl/N-ethyl adjacent to an activating group) is 1. The summed E-state index contributed by atoms with van der Waals surface area (Å²) in [7, 11) is 2.05. The number of nitrogens with zero attached hydrogens (tertiary/aromatic N) is 1. The molecule has 3 N–H and O–H groups in total. The van der Waals surface area contributed by atoms with Crippen LogP contribution >= 0.6 is 0 Å². The summed E-state index contributed by atoms with van der Waals surface area (Å²) in [5.41, 5.74) is 1.31. The molecular formula is C20H31N3O4. The van der Waals surface area contributed by atoms with Gasteiger partial charge >= 0.3 is 0 Å². The topological polar surface area (TPSA) is 98.7 Å². The first-order chi connectivity index (χ1) is 13.0. The van der Waals surface area contributed by atoms with Crippen molar-refractivity contribution in [2.45, 2.75) is 51.1 Å². The molecule has 0 radical (unpaired) electrons. The number of amides is 2. The van der Waals surface area contributed by atoms with Crippen LogP contribution < -0.4 is 10.6 Å². The van der Waals surface area contributed by atoms with Crippen LogP contribution in [-0.2, 0) is 20.8 Å². The maximum atomic E-state index is 12.1. The van der Waals surface area contributed by atoms with Crippen molar-refractivity contribution in [3.63, 3.8) is 0 Å². The highest BCUT2D eigenvalue weighted by atomic mass is 16.3. The van der Waals surface area contributed by atoms with Gasteiger partial charge in [-0.3, -0.25) is 19.3 Å². The van der Waals surface area contributed by atoms with Gasteiger partial charge in [-0.2, -0.15) is 0 Å². The van der Waals surface area contributed by atoms with Gasteiger partial charge in [0, 0.05) is 38.5 Å². The van der Waals surface area contributed by atoms with Crippen molar-refractivity contribution in [1.82, 2.24) is 15.5 Å². The van der Waals surface area contributed by atoms with E-state index in [1.165, 1.54) is 12.5 Å². The number of hydrogen-bond acceptors (Lipinski definition) is 4. The lowest BCUT2D eigenvalue weighted by molar-refractivity contribution is -0.123. The van der Waals surface area contributed by atoms with Gasteiger partial charge in [0.2, 0.25) is 11.8 Å². The molecule has 7 heteroatoms. The van der Waals surface area contributed by atoms with Crippen molar-refractivity contribution in [3.05, 3.63) is 35.9 Å². The largest absolute Gasteiger partial charge is 0.483 e. The number of hydrogen-bond donors (Lipinski definition) is 3. The summed E-state index contributed by atoms with van der Waals surface area (Å²) in [4.78, 5) is 33.7. The molecule has 2 rings (SSSR count). The van der Waals surface area contributed by atoms with Crippen LogP contribution in [0, 0.1) is 0 Å². The van der Waals surface area contributed by atoms with Crippen LogP contribution in [0.25, 0.3) is 0 Å². The van der Waals surface area contributed by atoms with Gasteiger partial charge in [0.25, 0.3) is 6.47 Å². The summed E-state index contributed by atoms with van der Waals surface area (Å²) in [5.74, 6) is 0.128. The van der Waals surface area contributed by atoms with E-state index in [0.29, 0.717) is 19.0 Å². The molecule has 1 aliphatic heterocycles. The van der Waals surface area contributed by atoms with Crippen LogP contribution in [0.3, 0.4) is 0 Å². The Kier molecular flexibility index (Phi) is 10.8. The second-order valence-corrected chi connectivity index (χ2v) is 6.74. The van der Waals surface area contributed by atoms with E-state index in [2.05, 4.69) is 27.7 Å². The zero-order valence-corrected chi connectivity index (χ0v) is 16.2. The highest BCUT2D eigenvalue weighted by Gasteiger charge is 2.31. The number of carbonyl (C=O) groups is 3. The van der Waals surface area contributed by atoms with E-state index < -0.39 is 0 Å². The first-order valence-electron chi connectivity index (χ1n) is 9.32. The minimum Gasteiger partial charge on any atom is -0.483 e. The molecule has 2 amide bonds. The molecule has 1 aromatic rings. The third-order valence-electron chi connectivity index (χ3n) is 4.80. The molecular weight excluding hydrogens is 346 g/mol. The number of carbonyl (C=O) groups excluding carboxylic acids is 2. The second-order valence-electron chi connectivity index (χ2n) is 6.74.